The molecule has 3 fully saturated rings. The number of unbranched alkanes of at least 4 members (excludes halogenated alkanes) is 1. The van der Waals surface area contributed by atoms with Crippen LogP contribution in [0.25, 0.3) is 0 Å². The third-order valence-corrected chi connectivity index (χ3v) is 10.5. The Hall–Kier alpha value is -2.58. The molecule has 4 rings (SSSR count). The maximum Gasteiger partial charge on any atom is 0.251 e. The highest BCUT2D eigenvalue weighted by Gasteiger charge is 2.74. The predicted molar refractivity (Wildman–Crippen MR) is 158 cm³/mol. The number of aliphatic hydroxyl groups excluding tert-OH is 1. The van der Waals surface area contributed by atoms with E-state index in [1.807, 2.05) is 43.9 Å². The molecule has 3 amide bonds. The molecule has 7 nitrogen and oxygen atoms in total. The molecule has 3 heterocycles. The Morgan fingerprint density at radius 3 is 2.59 bits per heavy atom. The number of aliphatic hydroxyl groups is 1. The summed E-state index contributed by atoms with van der Waals surface area (Å²) >= 11 is 1.70. The molecule has 8 heteroatoms. The monoisotopic (exact) mass is 553 g/mol. The number of likely N-dealkylation sites (tertiary alicyclic amines) is 1. The minimum absolute atomic E-state index is 0.00931. The third kappa shape index (κ3) is 5.18. The number of fused-ring (bicyclic) bond motifs is 1. The summed E-state index contributed by atoms with van der Waals surface area (Å²) in [5.41, 5.74) is 2.86. The first-order chi connectivity index (χ1) is 18.7. The summed E-state index contributed by atoms with van der Waals surface area (Å²) in [5.74, 6) is -1.15. The van der Waals surface area contributed by atoms with Crippen molar-refractivity contribution in [1.82, 2.24) is 9.80 Å². The lowest BCUT2D eigenvalue weighted by atomic mass is 9.70. The Kier molecular flexibility index (Phi) is 9.27. The van der Waals surface area contributed by atoms with E-state index >= 15 is 0 Å². The number of carbonyl (C=O) groups is 3. The Morgan fingerprint density at radius 2 is 1.92 bits per heavy atom. The smallest absolute Gasteiger partial charge is 0.251 e. The van der Waals surface area contributed by atoms with E-state index in [1.54, 1.807) is 33.7 Å². The first kappa shape index (κ1) is 29.4. The fraction of sp³-hybridized carbons (Fsp3) is 0.581. The molecule has 0 radical (unpaired) electrons. The molecule has 212 valence electrons. The van der Waals surface area contributed by atoms with Crippen molar-refractivity contribution in [2.24, 2.45) is 11.8 Å². The van der Waals surface area contributed by atoms with Crippen molar-refractivity contribution in [2.45, 2.75) is 68.9 Å². The number of nitrogens with zero attached hydrogens (tertiary/aromatic N) is 3. The highest BCUT2D eigenvalue weighted by atomic mass is 32.2. The zero-order chi connectivity index (χ0) is 28.3. The number of amides is 3. The summed E-state index contributed by atoms with van der Waals surface area (Å²) in [6, 6.07) is 5.39. The Balaban J connectivity index is 1.77. The van der Waals surface area contributed by atoms with Gasteiger partial charge in [-0.15, -0.1) is 24.9 Å². The Bertz CT molecular complexity index is 1120. The molecule has 0 saturated carbocycles. The van der Waals surface area contributed by atoms with Gasteiger partial charge in [0.1, 0.15) is 6.04 Å². The van der Waals surface area contributed by atoms with Gasteiger partial charge in [-0.3, -0.25) is 14.4 Å². The molecule has 2 bridgehead atoms. The van der Waals surface area contributed by atoms with Crippen LogP contribution in [0.5, 0.6) is 0 Å². The number of anilines is 1. The second kappa shape index (κ2) is 12.3. The average Bonchev–Trinajstić information content (AvgIpc) is 3.55. The molecule has 3 aliphatic heterocycles. The van der Waals surface area contributed by atoms with Crippen LogP contribution in [-0.4, -0.2) is 81.5 Å². The fourth-order valence-corrected chi connectivity index (χ4v) is 9.08. The number of thioether (sulfide) groups is 1. The first-order valence-corrected chi connectivity index (χ1v) is 15.1. The molecule has 3 aliphatic rings. The minimum Gasteiger partial charge on any atom is -0.396 e. The molecule has 5 atom stereocenters. The lowest BCUT2D eigenvalue weighted by Gasteiger charge is -2.38. The molecule has 1 aromatic carbocycles. The SMILES string of the molecule is C=CCN(CCC)C(=O)[C@@H]1[C@H]2C(=O)N(CCCCO)C(C(=O)N(CC=C)c3cc(C)ccc3C)C23CC[C@H]1S3. The van der Waals surface area contributed by atoms with Crippen LogP contribution in [0.2, 0.25) is 0 Å². The molecule has 2 unspecified atom stereocenters. The lowest BCUT2D eigenvalue weighted by Crippen LogP contribution is -2.55. The van der Waals surface area contributed by atoms with E-state index < -0.39 is 22.6 Å². The van der Waals surface area contributed by atoms with Crippen molar-refractivity contribution < 1.29 is 19.5 Å². The number of benzene rings is 1. The van der Waals surface area contributed by atoms with Gasteiger partial charge in [-0.25, -0.2) is 0 Å². The molecule has 39 heavy (non-hydrogen) atoms. The topological polar surface area (TPSA) is 81.2 Å². The fourth-order valence-electron chi connectivity index (χ4n) is 6.87. The Labute approximate surface area is 237 Å². The van der Waals surface area contributed by atoms with Crippen molar-refractivity contribution >= 4 is 35.2 Å². The second-order valence-corrected chi connectivity index (χ2v) is 12.7. The van der Waals surface area contributed by atoms with Gasteiger partial charge in [0.15, 0.2) is 0 Å². The highest BCUT2D eigenvalue weighted by Crippen LogP contribution is 2.66. The van der Waals surface area contributed by atoms with Gasteiger partial charge in [0.2, 0.25) is 11.8 Å². The normalized spacial score (nSPS) is 27.0. The van der Waals surface area contributed by atoms with Crippen LogP contribution in [0.4, 0.5) is 5.69 Å². The van der Waals surface area contributed by atoms with Crippen LogP contribution in [0, 0.1) is 25.7 Å². The number of hydrogen-bond acceptors (Lipinski definition) is 5. The van der Waals surface area contributed by atoms with E-state index in [9.17, 15) is 19.5 Å². The summed E-state index contributed by atoms with van der Waals surface area (Å²) < 4.78 is -0.637. The summed E-state index contributed by atoms with van der Waals surface area (Å²) in [6.45, 7) is 15.6. The van der Waals surface area contributed by atoms with Crippen molar-refractivity contribution in [3.8, 4) is 0 Å². The predicted octanol–water partition coefficient (Wildman–Crippen LogP) is 4.11. The first-order valence-electron chi connectivity index (χ1n) is 14.2. The van der Waals surface area contributed by atoms with Crippen LogP contribution in [0.1, 0.15) is 50.2 Å². The zero-order valence-corrected chi connectivity index (χ0v) is 24.4. The van der Waals surface area contributed by atoms with Gasteiger partial charge in [0, 0.05) is 43.7 Å². The van der Waals surface area contributed by atoms with Crippen molar-refractivity contribution in [3.63, 3.8) is 0 Å². The summed E-state index contributed by atoms with van der Waals surface area (Å²) in [7, 11) is 0. The standard InChI is InChI=1S/C31H43N3O4S/c1-6-15-32(16-7-2)28(36)25-24-13-14-31(39-24)26(25)29(37)34(18-9-10-19-35)27(31)30(38)33(17-8-3)23-20-21(4)11-12-22(23)5/h6,8,11-12,20,24-27,35H,1,3,7,9-10,13-19H2,2,4-5H3/t24-,25+,26+,27?,31?/m1/s1. The van der Waals surface area contributed by atoms with E-state index in [0.717, 1.165) is 36.1 Å². The van der Waals surface area contributed by atoms with E-state index in [-0.39, 0.29) is 29.6 Å². The van der Waals surface area contributed by atoms with Crippen molar-refractivity contribution in [3.05, 3.63) is 54.6 Å². The number of aryl methyl sites for hydroxylation is 2. The zero-order valence-electron chi connectivity index (χ0n) is 23.6. The van der Waals surface area contributed by atoms with Gasteiger partial charge in [-0.1, -0.05) is 31.2 Å². The largest absolute Gasteiger partial charge is 0.396 e. The molecule has 1 aromatic rings. The van der Waals surface area contributed by atoms with E-state index in [1.165, 1.54) is 0 Å². The van der Waals surface area contributed by atoms with E-state index in [0.29, 0.717) is 39.0 Å². The number of rotatable bonds is 13. The van der Waals surface area contributed by atoms with Crippen molar-refractivity contribution in [2.75, 3.05) is 37.7 Å². The van der Waals surface area contributed by atoms with Crippen molar-refractivity contribution in [1.29, 1.82) is 0 Å². The summed E-state index contributed by atoms with van der Waals surface area (Å²) in [5, 5.41) is 9.46. The molecule has 1 spiro atoms. The molecule has 3 saturated heterocycles. The summed E-state index contributed by atoms with van der Waals surface area (Å²) in [6.07, 6.45) is 7.00. The Morgan fingerprint density at radius 1 is 1.18 bits per heavy atom. The number of carbonyl (C=O) groups excluding carboxylic acids is 3. The lowest BCUT2D eigenvalue weighted by molar-refractivity contribution is -0.143. The van der Waals surface area contributed by atoms with Crippen LogP contribution in [-0.2, 0) is 14.4 Å². The van der Waals surface area contributed by atoms with Gasteiger partial charge in [0.25, 0.3) is 5.91 Å². The van der Waals surface area contributed by atoms with Gasteiger partial charge in [-0.2, -0.15) is 0 Å². The molecule has 0 aliphatic carbocycles. The third-order valence-electron chi connectivity index (χ3n) is 8.51. The van der Waals surface area contributed by atoms with Gasteiger partial charge < -0.3 is 19.8 Å². The molecule has 1 N–H and O–H groups in total. The van der Waals surface area contributed by atoms with Gasteiger partial charge >= 0.3 is 0 Å². The van der Waals surface area contributed by atoms with Gasteiger partial charge in [-0.05, 0) is 63.1 Å². The minimum atomic E-state index is -0.666. The maximum atomic E-state index is 14.6. The van der Waals surface area contributed by atoms with Crippen LogP contribution in [0.15, 0.2) is 43.5 Å². The van der Waals surface area contributed by atoms with Crippen LogP contribution >= 0.6 is 11.8 Å². The van der Waals surface area contributed by atoms with Crippen LogP contribution in [0.3, 0.4) is 0 Å². The quantitative estimate of drug-likeness (QED) is 0.294. The maximum absolute atomic E-state index is 14.6. The number of hydrogen-bond donors (Lipinski definition) is 1. The van der Waals surface area contributed by atoms with E-state index in [2.05, 4.69) is 13.2 Å². The molecular weight excluding hydrogens is 510 g/mol. The molecule has 0 aromatic heterocycles. The van der Waals surface area contributed by atoms with E-state index in [4.69, 9.17) is 0 Å². The van der Waals surface area contributed by atoms with Crippen LogP contribution < -0.4 is 4.90 Å². The molecular formula is C31H43N3O4S. The second-order valence-electron chi connectivity index (χ2n) is 11.1. The summed E-state index contributed by atoms with van der Waals surface area (Å²) in [4.78, 5) is 48.2. The highest BCUT2D eigenvalue weighted by molar-refractivity contribution is 8.02. The van der Waals surface area contributed by atoms with Gasteiger partial charge in [0.05, 0.1) is 16.6 Å². The average molecular weight is 554 g/mol.